The number of carbonyl (C=O) groups is 2. The van der Waals surface area contributed by atoms with Gasteiger partial charge in [0.2, 0.25) is 5.43 Å². The van der Waals surface area contributed by atoms with Crippen LogP contribution in [-0.4, -0.2) is 59.4 Å². The minimum Gasteiger partial charge on any atom is -0.449 e. The molecular formula is C25H30FN3O7. The third-order valence-electron chi connectivity index (χ3n) is 6.98. The zero-order valence-electron chi connectivity index (χ0n) is 20.5. The van der Waals surface area contributed by atoms with E-state index in [9.17, 15) is 14.4 Å². The zero-order valence-corrected chi connectivity index (χ0v) is 20.5. The molecule has 2 saturated heterocycles. The van der Waals surface area contributed by atoms with E-state index in [2.05, 4.69) is 10.1 Å². The Balaban J connectivity index is 1.45. The van der Waals surface area contributed by atoms with Gasteiger partial charge in [-0.2, -0.15) is 0 Å². The number of aromatic nitrogens is 1. The molecule has 3 fully saturated rings. The quantitative estimate of drug-likeness (QED) is 0.594. The lowest BCUT2D eigenvalue weighted by atomic mass is 9.91. The smallest absolute Gasteiger partial charge is 0.449 e. The highest BCUT2D eigenvalue weighted by Gasteiger charge is 2.51. The molecule has 1 aromatic heterocycles. The van der Waals surface area contributed by atoms with Crippen LogP contribution in [0.5, 0.6) is 5.75 Å². The molecule has 0 bridgehead atoms. The fourth-order valence-electron chi connectivity index (χ4n) is 5.24. The number of carboxylic acid groups (broad SMARTS) is 1. The van der Waals surface area contributed by atoms with Gasteiger partial charge in [-0.25, -0.2) is 14.0 Å². The van der Waals surface area contributed by atoms with Gasteiger partial charge >= 0.3 is 12.2 Å². The van der Waals surface area contributed by atoms with Crippen LogP contribution in [0.2, 0.25) is 0 Å². The normalized spacial score (nSPS) is 23.6. The highest BCUT2D eigenvalue weighted by molar-refractivity contribution is 5.85. The van der Waals surface area contributed by atoms with Gasteiger partial charge in [0.1, 0.15) is 17.0 Å². The maximum Gasteiger partial charge on any atom is 0.511 e. The van der Waals surface area contributed by atoms with Crippen LogP contribution in [0.25, 0.3) is 10.9 Å². The monoisotopic (exact) mass is 503 g/mol. The molecule has 2 unspecified atom stereocenters. The molecule has 194 valence electrons. The fraction of sp³-hybridized carbons (Fsp3) is 0.560. The van der Waals surface area contributed by atoms with Gasteiger partial charge in [0, 0.05) is 31.7 Å². The SMILES string of the molecule is CC(C)(C)OC(=O)NCC12CN(c3cc4c(cc3F)c(=O)c(OC(=O)O)cn4C3CC3)CC1CCO2. The van der Waals surface area contributed by atoms with E-state index in [1.54, 1.807) is 31.4 Å². The molecule has 2 aromatic rings. The van der Waals surface area contributed by atoms with Crippen LogP contribution in [0.15, 0.2) is 23.1 Å². The topological polar surface area (TPSA) is 119 Å². The standard InChI is InChI=1S/C25H30FN3O7/c1-24(2,3)36-22(31)27-12-25-13-28(10-14(25)6-7-34-25)19-9-18-16(8-17(19)26)21(30)20(35-23(32)33)11-29(18)15-4-5-15/h8-9,11,14-15H,4-7,10,12-13H2,1-3H3,(H,27,31)(H,32,33). The summed E-state index contributed by atoms with van der Waals surface area (Å²) in [5.74, 6) is -0.852. The van der Waals surface area contributed by atoms with Gasteiger partial charge in [0.15, 0.2) is 5.75 Å². The first-order valence-corrected chi connectivity index (χ1v) is 12.1. The van der Waals surface area contributed by atoms with Crippen molar-refractivity contribution in [3.05, 3.63) is 34.4 Å². The summed E-state index contributed by atoms with van der Waals surface area (Å²) >= 11 is 0. The number of amides is 1. The second-order valence-corrected chi connectivity index (χ2v) is 10.8. The molecule has 1 amide bonds. The average Bonchev–Trinajstić information content (AvgIpc) is 3.44. The summed E-state index contributed by atoms with van der Waals surface area (Å²) in [6, 6.07) is 2.89. The minimum atomic E-state index is -1.60. The lowest BCUT2D eigenvalue weighted by molar-refractivity contribution is -0.000269. The van der Waals surface area contributed by atoms with Crippen molar-refractivity contribution >= 4 is 28.8 Å². The number of alkyl carbamates (subject to hydrolysis) is 1. The molecule has 1 aromatic carbocycles. The lowest BCUT2D eigenvalue weighted by Gasteiger charge is -2.29. The van der Waals surface area contributed by atoms with E-state index < -0.39 is 34.7 Å². The van der Waals surface area contributed by atoms with Crippen LogP contribution < -0.4 is 20.4 Å². The molecule has 1 saturated carbocycles. The van der Waals surface area contributed by atoms with Crippen molar-refractivity contribution in [2.24, 2.45) is 5.92 Å². The first-order chi connectivity index (χ1) is 17.0. The predicted octanol–water partition coefficient (Wildman–Crippen LogP) is 3.65. The maximum atomic E-state index is 15.4. The summed E-state index contributed by atoms with van der Waals surface area (Å²) < 4.78 is 33.3. The third-order valence-corrected chi connectivity index (χ3v) is 6.98. The van der Waals surface area contributed by atoms with Crippen molar-refractivity contribution in [3.8, 4) is 5.75 Å². The van der Waals surface area contributed by atoms with Crippen LogP contribution in [0.1, 0.15) is 46.1 Å². The Bertz CT molecular complexity index is 1280. The van der Waals surface area contributed by atoms with Gasteiger partial charge in [-0.3, -0.25) is 4.79 Å². The van der Waals surface area contributed by atoms with E-state index in [4.69, 9.17) is 14.6 Å². The second-order valence-electron chi connectivity index (χ2n) is 10.8. The largest absolute Gasteiger partial charge is 0.511 e. The van der Waals surface area contributed by atoms with E-state index in [0.29, 0.717) is 30.9 Å². The zero-order chi connectivity index (χ0) is 25.8. The van der Waals surface area contributed by atoms with Crippen LogP contribution in [0.3, 0.4) is 0 Å². The van der Waals surface area contributed by atoms with Gasteiger partial charge in [0.05, 0.1) is 29.3 Å². The summed E-state index contributed by atoms with van der Waals surface area (Å²) in [6.45, 7) is 7.06. The van der Waals surface area contributed by atoms with Crippen molar-refractivity contribution in [1.82, 2.24) is 9.88 Å². The maximum absolute atomic E-state index is 15.4. The molecule has 1 aliphatic carbocycles. The van der Waals surface area contributed by atoms with Gasteiger partial charge in [-0.05, 0) is 52.2 Å². The summed E-state index contributed by atoms with van der Waals surface area (Å²) in [4.78, 5) is 38.0. The van der Waals surface area contributed by atoms with Crippen molar-refractivity contribution in [3.63, 3.8) is 0 Å². The molecule has 11 heteroatoms. The number of hydrogen-bond acceptors (Lipinski definition) is 7. The molecule has 36 heavy (non-hydrogen) atoms. The average molecular weight is 504 g/mol. The van der Waals surface area contributed by atoms with E-state index in [1.807, 2.05) is 4.90 Å². The Morgan fingerprint density at radius 2 is 2.03 bits per heavy atom. The number of nitrogens with one attached hydrogen (secondary N) is 1. The number of pyridine rings is 1. The number of anilines is 1. The molecule has 0 spiro atoms. The van der Waals surface area contributed by atoms with Crippen LogP contribution in [0, 0.1) is 11.7 Å². The molecular weight excluding hydrogens is 473 g/mol. The number of hydrogen-bond donors (Lipinski definition) is 2. The first kappa shape index (κ1) is 24.4. The van der Waals surface area contributed by atoms with Crippen molar-refractivity contribution in [2.45, 2.75) is 57.3 Å². The highest BCUT2D eigenvalue weighted by atomic mass is 19.1. The van der Waals surface area contributed by atoms with Gasteiger partial charge in [-0.1, -0.05) is 0 Å². The van der Waals surface area contributed by atoms with E-state index >= 15 is 4.39 Å². The Kier molecular flexibility index (Phi) is 5.85. The lowest BCUT2D eigenvalue weighted by Crippen LogP contribution is -2.49. The van der Waals surface area contributed by atoms with Gasteiger partial charge in [0.25, 0.3) is 0 Å². The molecule has 2 N–H and O–H groups in total. The van der Waals surface area contributed by atoms with Crippen molar-refractivity contribution in [2.75, 3.05) is 31.1 Å². The Hall–Kier alpha value is -3.34. The second kappa shape index (κ2) is 8.65. The van der Waals surface area contributed by atoms with Crippen molar-refractivity contribution in [1.29, 1.82) is 0 Å². The number of carbonyl (C=O) groups excluding carboxylic acids is 1. The Morgan fingerprint density at radius 1 is 1.28 bits per heavy atom. The summed E-state index contributed by atoms with van der Waals surface area (Å²) in [6.07, 6.45) is 1.79. The fourth-order valence-corrected chi connectivity index (χ4v) is 5.24. The first-order valence-electron chi connectivity index (χ1n) is 12.1. The summed E-state index contributed by atoms with van der Waals surface area (Å²) in [7, 11) is 0. The van der Waals surface area contributed by atoms with Crippen molar-refractivity contribution < 1.29 is 33.3 Å². The highest BCUT2D eigenvalue weighted by Crippen LogP contribution is 2.43. The van der Waals surface area contributed by atoms with Crippen LogP contribution in [0.4, 0.5) is 19.7 Å². The van der Waals surface area contributed by atoms with Gasteiger partial charge < -0.3 is 34.1 Å². The molecule has 3 heterocycles. The third kappa shape index (κ3) is 4.59. The molecule has 0 radical (unpaired) electrons. The van der Waals surface area contributed by atoms with Crippen LogP contribution >= 0.6 is 0 Å². The van der Waals surface area contributed by atoms with E-state index in [-0.39, 0.29) is 29.6 Å². The van der Waals surface area contributed by atoms with E-state index in [1.165, 1.54) is 6.20 Å². The van der Waals surface area contributed by atoms with E-state index in [0.717, 1.165) is 25.3 Å². The number of ether oxygens (including phenoxy) is 3. The number of fused-ring (bicyclic) bond motifs is 2. The summed E-state index contributed by atoms with van der Waals surface area (Å²) in [5.41, 5.74) is -1.11. The Morgan fingerprint density at radius 3 is 2.69 bits per heavy atom. The molecule has 3 aliphatic rings. The predicted molar refractivity (Wildman–Crippen MR) is 128 cm³/mol. The molecule has 2 aliphatic heterocycles. The number of nitrogens with zero attached hydrogens (tertiary/aromatic N) is 2. The molecule has 5 rings (SSSR count). The number of benzene rings is 1. The molecule has 10 nitrogen and oxygen atoms in total. The Labute approximate surface area is 206 Å². The number of rotatable bonds is 5. The van der Waals surface area contributed by atoms with Gasteiger partial charge in [-0.15, -0.1) is 0 Å². The molecule has 2 atom stereocenters. The summed E-state index contributed by atoms with van der Waals surface area (Å²) in [5, 5.41) is 11.9. The number of halogens is 1. The minimum absolute atomic E-state index is 0.0684. The van der Waals surface area contributed by atoms with Crippen LogP contribution in [-0.2, 0) is 9.47 Å².